The summed E-state index contributed by atoms with van der Waals surface area (Å²) in [5, 5.41) is 4.65. The van der Waals surface area contributed by atoms with Gasteiger partial charge in [0.25, 0.3) is 10.0 Å². The number of rotatable bonds is 4. The second kappa shape index (κ2) is 4.39. The van der Waals surface area contributed by atoms with Gasteiger partial charge < -0.3 is 9.12 Å². The van der Waals surface area contributed by atoms with Gasteiger partial charge in [-0.2, -0.15) is 0 Å². The van der Waals surface area contributed by atoms with Crippen LogP contribution in [0.4, 0.5) is 0 Å². The van der Waals surface area contributed by atoms with Gasteiger partial charge in [0.1, 0.15) is 5.82 Å². The average Bonchev–Trinajstić information content (AvgIpc) is 2.42. The lowest BCUT2D eigenvalue weighted by atomic mass is 10.4. The van der Waals surface area contributed by atoms with Gasteiger partial charge in [0.15, 0.2) is 16.1 Å². The third-order valence-corrected chi connectivity index (χ3v) is 3.08. The van der Waals surface area contributed by atoms with Crippen LogP contribution in [0.25, 0.3) is 0 Å². The number of imidazole rings is 1. The van der Waals surface area contributed by atoms with E-state index in [0.717, 1.165) is 0 Å². The van der Waals surface area contributed by atoms with Gasteiger partial charge in [-0.3, -0.25) is 0 Å². The summed E-state index contributed by atoms with van der Waals surface area (Å²) >= 11 is -1.92. The Hall–Kier alpha value is -0.770. The summed E-state index contributed by atoms with van der Waals surface area (Å²) in [6.45, 7) is 0. The van der Waals surface area contributed by atoms with Crippen molar-refractivity contribution in [2.24, 2.45) is 12.2 Å². The van der Waals surface area contributed by atoms with Crippen LogP contribution in [-0.2, 0) is 34.6 Å². The Morgan fingerprint density at radius 1 is 1.67 bits per heavy atom. The average molecular weight is 253 g/mol. The van der Waals surface area contributed by atoms with E-state index >= 15 is 0 Å². The zero-order chi connectivity index (χ0) is 11.6. The summed E-state index contributed by atoms with van der Waals surface area (Å²) in [7, 11) is -2.22. The number of sulfonamides is 1. The number of hydrogen-bond acceptors (Lipinski definition) is 4. The molecule has 0 fully saturated rings. The van der Waals surface area contributed by atoms with Crippen LogP contribution in [0.1, 0.15) is 5.82 Å². The van der Waals surface area contributed by atoms with E-state index in [-0.39, 0.29) is 17.2 Å². The largest absolute Gasteiger partial charge is 0.337 e. The molecule has 86 valence electrons. The van der Waals surface area contributed by atoms with Crippen LogP contribution in [0.15, 0.2) is 11.2 Å². The smallest absolute Gasteiger partial charge is 0.257 e. The van der Waals surface area contributed by atoms with Gasteiger partial charge in [-0.1, -0.05) is 0 Å². The van der Waals surface area contributed by atoms with Gasteiger partial charge in [0, 0.05) is 19.7 Å². The fourth-order valence-electron chi connectivity index (χ4n) is 1.02. The Kier molecular flexibility index (Phi) is 3.60. The molecule has 15 heavy (non-hydrogen) atoms. The molecular formula is C6H11N3O4S2. The molecule has 0 bridgehead atoms. The van der Waals surface area contributed by atoms with Crippen molar-refractivity contribution in [1.82, 2.24) is 9.55 Å². The Bertz CT molecular complexity index is 479. The molecule has 3 N–H and O–H groups in total. The van der Waals surface area contributed by atoms with Crippen molar-refractivity contribution < 1.29 is 17.2 Å². The monoisotopic (exact) mass is 253 g/mol. The molecule has 1 atom stereocenters. The second-order valence-corrected chi connectivity index (χ2v) is 5.49. The summed E-state index contributed by atoms with van der Waals surface area (Å²) in [5.41, 5.74) is 0. The minimum Gasteiger partial charge on any atom is -0.337 e. The van der Waals surface area contributed by atoms with E-state index in [1.54, 1.807) is 7.05 Å². The first-order valence-corrected chi connectivity index (χ1v) is 6.75. The first-order valence-electron chi connectivity index (χ1n) is 3.93. The third kappa shape index (κ3) is 3.38. The molecule has 9 heteroatoms. The Morgan fingerprint density at radius 2 is 2.27 bits per heavy atom. The number of aromatic nitrogens is 2. The van der Waals surface area contributed by atoms with Gasteiger partial charge in [-0.05, 0) is 0 Å². The highest BCUT2D eigenvalue weighted by atomic mass is 32.2. The second-order valence-electron chi connectivity index (χ2n) is 2.93. The van der Waals surface area contributed by atoms with E-state index in [4.69, 9.17) is 9.69 Å². The molecule has 0 amide bonds. The maximum absolute atomic E-state index is 10.9. The van der Waals surface area contributed by atoms with E-state index in [9.17, 15) is 12.6 Å². The fourth-order valence-corrected chi connectivity index (χ4v) is 1.92. The Labute approximate surface area is 89.6 Å². The molecule has 1 unspecified atom stereocenters. The molecule has 0 saturated heterocycles. The van der Waals surface area contributed by atoms with E-state index in [1.165, 1.54) is 10.8 Å². The highest BCUT2D eigenvalue weighted by molar-refractivity contribution is 7.89. The lowest BCUT2D eigenvalue weighted by Crippen LogP contribution is -2.12. The van der Waals surface area contributed by atoms with Gasteiger partial charge in [-0.15, -0.1) is 0 Å². The van der Waals surface area contributed by atoms with Crippen molar-refractivity contribution in [2.45, 2.75) is 11.4 Å². The number of hydrogen-bond donors (Lipinski definition) is 2. The van der Waals surface area contributed by atoms with Crippen LogP contribution in [0.5, 0.6) is 0 Å². The van der Waals surface area contributed by atoms with Gasteiger partial charge >= 0.3 is 0 Å². The highest BCUT2D eigenvalue weighted by Crippen LogP contribution is 2.06. The Morgan fingerprint density at radius 3 is 2.67 bits per heavy atom. The summed E-state index contributed by atoms with van der Waals surface area (Å²) in [6.07, 6.45) is 1.49. The van der Waals surface area contributed by atoms with Crippen molar-refractivity contribution in [3.8, 4) is 0 Å². The summed E-state index contributed by atoms with van der Waals surface area (Å²) in [5.74, 6) is 0.413. The van der Waals surface area contributed by atoms with Crippen LogP contribution < -0.4 is 5.14 Å². The molecule has 0 aromatic carbocycles. The van der Waals surface area contributed by atoms with Crippen LogP contribution in [0.3, 0.4) is 0 Å². The molecule has 0 spiro atoms. The topological polar surface area (TPSA) is 115 Å². The lowest BCUT2D eigenvalue weighted by molar-refractivity contribution is 0.562. The van der Waals surface area contributed by atoms with E-state index in [2.05, 4.69) is 4.98 Å². The molecule has 0 radical (unpaired) electrons. The van der Waals surface area contributed by atoms with Gasteiger partial charge in [-0.25, -0.2) is 22.7 Å². The Balaban J connectivity index is 2.92. The molecule has 0 saturated carbocycles. The molecule has 1 heterocycles. The van der Waals surface area contributed by atoms with Crippen LogP contribution in [0.2, 0.25) is 0 Å². The minimum absolute atomic E-state index is 0.00884. The molecule has 1 rings (SSSR count). The van der Waals surface area contributed by atoms with Gasteiger partial charge in [0.2, 0.25) is 0 Å². The molecular weight excluding hydrogens is 242 g/mol. The maximum atomic E-state index is 10.9. The van der Waals surface area contributed by atoms with Crippen molar-refractivity contribution in [3.63, 3.8) is 0 Å². The number of nitrogens with two attached hydrogens (primary N) is 1. The molecule has 1 aromatic heterocycles. The van der Waals surface area contributed by atoms with Crippen LogP contribution >= 0.6 is 0 Å². The number of nitrogens with zero attached hydrogens (tertiary/aromatic N) is 2. The molecule has 0 aliphatic heterocycles. The summed E-state index contributed by atoms with van der Waals surface area (Å²) in [4.78, 5) is 3.76. The first kappa shape index (κ1) is 12.3. The predicted octanol–water partition coefficient (Wildman–Crippen LogP) is -1.17. The summed E-state index contributed by atoms with van der Waals surface area (Å²) in [6, 6.07) is 0. The van der Waals surface area contributed by atoms with Crippen LogP contribution in [-0.4, -0.2) is 32.5 Å². The normalized spacial score (nSPS) is 14.1. The maximum Gasteiger partial charge on any atom is 0.257 e. The molecule has 7 nitrogen and oxygen atoms in total. The zero-order valence-corrected chi connectivity index (χ0v) is 9.58. The van der Waals surface area contributed by atoms with Gasteiger partial charge in [0.05, 0.1) is 5.75 Å². The number of aryl methyl sites for hydroxylation is 2. The molecule has 0 aliphatic carbocycles. The molecule has 1 aromatic rings. The quantitative estimate of drug-likeness (QED) is 0.656. The highest BCUT2D eigenvalue weighted by Gasteiger charge is 2.14. The van der Waals surface area contributed by atoms with Crippen LogP contribution in [0, 0.1) is 0 Å². The fraction of sp³-hybridized carbons (Fsp3) is 0.500. The molecule has 0 aliphatic rings. The van der Waals surface area contributed by atoms with E-state index < -0.39 is 21.1 Å². The van der Waals surface area contributed by atoms with E-state index in [1.807, 2.05) is 0 Å². The standard InChI is InChI=1S/C6H11N3O4S2/c1-9-4-6(15(7,12)13)8-5(9)2-3-14(10)11/h4H,2-3H2,1H3,(H,10,11)(H2,7,12,13). The SMILES string of the molecule is Cn1cc(S(N)(=O)=O)nc1CCS(=O)O. The number of primary sulfonamides is 1. The third-order valence-electron chi connectivity index (χ3n) is 1.74. The van der Waals surface area contributed by atoms with Crippen molar-refractivity contribution >= 4 is 21.1 Å². The summed E-state index contributed by atoms with van der Waals surface area (Å²) < 4.78 is 42.3. The zero-order valence-electron chi connectivity index (χ0n) is 7.95. The first-order chi connectivity index (χ1) is 6.80. The van der Waals surface area contributed by atoms with Crippen molar-refractivity contribution in [3.05, 3.63) is 12.0 Å². The van der Waals surface area contributed by atoms with E-state index in [0.29, 0.717) is 5.82 Å². The van der Waals surface area contributed by atoms with Crippen molar-refractivity contribution in [1.29, 1.82) is 0 Å². The van der Waals surface area contributed by atoms with Crippen molar-refractivity contribution in [2.75, 3.05) is 5.75 Å². The minimum atomic E-state index is -3.81. The predicted molar refractivity (Wildman–Crippen MR) is 53.9 cm³/mol. The lowest BCUT2D eigenvalue weighted by Gasteiger charge is -1.97.